The summed E-state index contributed by atoms with van der Waals surface area (Å²) in [5.74, 6) is 0.414. The Balaban J connectivity index is 2.69. The Morgan fingerprint density at radius 1 is 1.27 bits per heavy atom. The average Bonchev–Trinajstić information content (AvgIpc) is 2.23. The number of rotatable bonds is 4. The summed E-state index contributed by atoms with van der Waals surface area (Å²) >= 11 is 0. The first-order valence-corrected chi connectivity index (χ1v) is 5.33. The fourth-order valence-corrected chi connectivity index (χ4v) is 2.14. The van der Waals surface area contributed by atoms with Crippen molar-refractivity contribution in [2.45, 2.75) is 44.9 Å². The molecule has 4 heteroatoms. The molecule has 0 N–H and O–H groups in total. The molecule has 0 aromatic rings. The molecule has 1 rings (SSSR count). The first-order valence-electron chi connectivity index (χ1n) is 5.33. The average molecular weight is 218 g/mol. The third-order valence-electron chi connectivity index (χ3n) is 3.11. The van der Waals surface area contributed by atoms with Gasteiger partial charge in [-0.15, -0.1) is 0 Å². The molecular weight excluding hydrogens is 196 g/mol. The van der Waals surface area contributed by atoms with Crippen molar-refractivity contribution in [2.75, 3.05) is 21.3 Å². The van der Waals surface area contributed by atoms with E-state index >= 15 is 0 Å². The summed E-state index contributed by atoms with van der Waals surface area (Å²) in [5, 5.41) is 0. The number of hydrogen-bond donors (Lipinski definition) is 0. The molecule has 4 nitrogen and oxygen atoms in total. The summed E-state index contributed by atoms with van der Waals surface area (Å²) in [6.07, 6.45) is 1.46. The normalized spacial score (nSPS) is 37.2. The maximum atomic E-state index is 5.91. The monoisotopic (exact) mass is 218 g/mol. The van der Waals surface area contributed by atoms with Gasteiger partial charge in [0.05, 0.1) is 0 Å². The molecule has 1 heterocycles. The van der Waals surface area contributed by atoms with Gasteiger partial charge in [0.1, 0.15) is 5.60 Å². The van der Waals surface area contributed by atoms with Crippen LogP contribution in [-0.4, -0.2) is 39.5 Å². The molecule has 0 aromatic heterocycles. The lowest BCUT2D eigenvalue weighted by Crippen LogP contribution is -2.51. The molecule has 0 aromatic carbocycles. The van der Waals surface area contributed by atoms with Crippen LogP contribution in [0.4, 0.5) is 0 Å². The number of methoxy groups -OCH3 is 3. The predicted octanol–water partition coefficient (Wildman–Crippen LogP) is 1.78. The Bertz CT molecular complexity index is 193. The molecule has 0 aliphatic carbocycles. The molecule has 0 saturated carbocycles. The van der Waals surface area contributed by atoms with Crippen LogP contribution in [-0.2, 0) is 18.9 Å². The van der Waals surface area contributed by atoms with Crippen molar-refractivity contribution >= 4 is 0 Å². The van der Waals surface area contributed by atoms with E-state index in [2.05, 4.69) is 6.92 Å². The molecule has 0 unspecified atom stereocenters. The molecular formula is C11H22O4. The summed E-state index contributed by atoms with van der Waals surface area (Å²) in [4.78, 5) is 0. The number of hydrogen-bond acceptors (Lipinski definition) is 4. The molecule has 1 fully saturated rings. The largest absolute Gasteiger partial charge is 0.356 e. The van der Waals surface area contributed by atoms with Gasteiger partial charge in [0.2, 0.25) is 0 Å². The van der Waals surface area contributed by atoms with Gasteiger partial charge in [-0.25, -0.2) is 0 Å². The van der Waals surface area contributed by atoms with Crippen LogP contribution in [0.15, 0.2) is 0 Å². The Labute approximate surface area is 91.8 Å². The van der Waals surface area contributed by atoms with Crippen molar-refractivity contribution in [3.8, 4) is 0 Å². The smallest absolute Gasteiger partial charge is 0.185 e. The minimum atomic E-state index is -0.420. The molecule has 1 aliphatic rings. The Hall–Kier alpha value is -0.160. The summed E-state index contributed by atoms with van der Waals surface area (Å²) < 4.78 is 21.7. The van der Waals surface area contributed by atoms with Gasteiger partial charge < -0.3 is 18.9 Å². The summed E-state index contributed by atoms with van der Waals surface area (Å²) in [6, 6.07) is 0. The highest BCUT2D eigenvalue weighted by Crippen LogP contribution is 2.35. The van der Waals surface area contributed by atoms with Crippen molar-refractivity contribution < 1.29 is 18.9 Å². The van der Waals surface area contributed by atoms with E-state index in [1.807, 2.05) is 6.92 Å². The van der Waals surface area contributed by atoms with E-state index in [-0.39, 0.29) is 12.6 Å². The highest BCUT2D eigenvalue weighted by Gasteiger charge is 2.43. The second-order valence-corrected chi connectivity index (χ2v) is 4.35. The van der Waals surface area contributed by atoms with Crippen LogP contribution in [0.25, 0.3) is 0 Å². The number of ether oxygens (including phenoxy) is 4. The van der Waals surface area contributed by atoms with Crippen molar-refractivity contribution in [1.82, 2.24) is 0 Å². The molecule has 15 heavy (non-hydrogen) atoms. The molecule has 1 aliphatic heterocycles. The van der Waals surface area contributed by atoms with Gasteiger partial charge in [-0.05, 0) is 19.8 Å². The molecule has 90 valence electrons. The first-order chi connectivity index (χ1) is 7.07. The summed E-state index contributed by atoms with van der Waals surface area (Å²) in [7, 11) is 4.92. The van der Waals surface area contributed by atoms with Gasteiger partial charge in [-0.1, -0.05) is 6.92 Å². The van der Waals surface area contributed by atoms with Gasteiger partial charge in [0.25, 0.3) is 0 Å². The maximum Gasteiger partial charge on any atom is 0.185 e. The van der Waals surface area contributed by atoms with E-state index in [0.29, 0.717) is 5.92 Å². The fourth-order valence-electron chi connectivity index (χ4n) is 2.14. The van der Waals surface area contributed by atoms with Gasteiger partial charge >= 0.3 is 0 Å². The van der Waals surface area contributed by atoms with Crippen LogP contribution in [0.2, 0.25) is 0 Å². The Morgan fingerprint density at radius 3 is 2.33 bits per heavy atom. The van der Waals surface area contributed by atoms with Crippen molar-refractivity contribution in [3.63, 3.8) is 0 Å². The van der Waals surface area contributed by atoms with Crippen molar-refractivity contribution in [2.24, 2.45) is 5.92 Å². The van der Waals surface area contributed by atoms with Gasteiger partial charge in [0, 0.05) is 27.2 Å². The lowest BCUT2D eigenvalue weighted by atomic mass is 9.89. The van der Waals surface area contributed by atoms with Crippen molar-refractivity contribution in [3.05, 3.63) is 0 Å². The second-order valence-electron chi connectivity index (χ2n) is 4.35. The Kier molecular flexibility index (Phi) is 4.52. The summed E-state index contributed by atoms with van der Waals surface area (Å²) in [5.41, 5.74) is -0.420. The van der Waals surface area contributed by atoms with Crippen LogP contribution in [0.1, 0.15) is 26.7 Å². The quantitative estimate of drug-likeness (QED) is 0.674. The van der Waals surface area contributed by atoms with E-state index in [4.69, 9.17) is 18.9 Å². The van der Waals surface area contributed by atoms with E-state index in [1.54, 1.807) is 21.3 Å². The van der Waals surface area contributed by atoms with Gasteiger partial charge in [-0.2, -0.15) is 0 Å². The highest BCUT2D eigenvalue weighted by molar-refractivity contribution is 4.85. The minimum Gasteiger partial charge on any atom is -0.356 e. The third kappa shape index (κ3) is 2.69. The second kappa shape index (κ2) is 5.25. The van der Waals surface area contributed by atoms with Crippen LogP contribution >= 0.6 is 0 Å². The zero-order chi connectivity index (χ0) is 11.5. The van der Waals surface area contributed by atoms with Crippen molar-refractivity contribution in [1.29, 1.82) is 0 Å². The maximum absolute atomic E-state index is 5.91. The van der Waals surface area contributed by atoms with Crippen LogP contribution < -0.4 is 0 Å². The Morgan fingerprint density at radius 2 is 1.87 bits per heavy atom. The zero-order valence-electron chi connectivity index (χ0n) is 10.3. The molecule has 1 saturated heterocycles. The van der Waals surface area contributed by atoms with E-state index in [0.717, 1.165) is 12.8 Å². The van der Waals surface area contributed by atoms with E-state index in [1.165, 1.54) is 0 Å². The lowest BCUT2D eigenvalue weighted by molar-refractivity contribution is -0.310. The van der Waals surface area contributed by atoms with Crippen LogP contribution in [0.3, 0.4) is 0 Å². The van der Waals surface area contributed by atoms with Crippen LogP contribution in [0.5, 0.6) is 0 Å². The third-order valence-corrected chi connectivity index (χ3v) is 3.11. The van der Waals surface area contributed by atoms with Gasteiger partial charge in [-0.3, -0.25) is 0 Å². The minimum absolute atomic E-state index is 0.170. The highest BCUT2D eigenvalue weighted by atomic mass is 16.7. The molecule has 0 amide bonds. The molecule has 0 bridgehead atoms. The first kappa shape index (κ1) is 12.9. The zero-order valence-corrected chi connectivity index (χ0v) is 10.3. The fraction of sp³-hybridized carbons (Fsp3) is 1.00. The van der Waals surface area contributed by atoms with Crippen LogP contribution in [0, 0.1) is 5.92 Å². The topological polar surface area (TPSA) is 36.9 Å². The molecule has 3 atom stereocenters. The predicted molar refractivity (Wildman–Crippen MR) is 56.5 cm³/mol. The summed E-state index contributed by atoms with van der Waals surface area (Å²) in [6.45, 7) is 4.13. The molecule has 0 radical (unpaired) electrons. The molecule has 0 spiro atoms. The SMILES string of the molecule is COC(OC)[C@@]1(C)CC[C@@H](C)[C@@H](OC)O1. The van der Waals surface area contributed by atoms with Gasteiger partial charge in [0.15, 0.2) is 12.6 Å². The van der Waals surface area contributed by atoms with E-state index in [9.17, 15) is 0 Å². The van der Waals surface area contributed by atoms with E-state index < -0.39 is 5.60 Å². The standard InChI is InChI=1S/C11H22O4/c1-8-6-7-11(2,10(13-4)14-5)15-9(8)12-3/h8-10H,6-7H2,1-5H3/t8-,9+,11-/m1/s1. The lowest BCUT2D eigenvalue weighted by Gasteiger charge is -2.44.